The van der Waals surface area contributed by atoms with Crippen LogP contribution in [0.5, 0.6) is 0 Å². The Morgan fingerprint density at radius 1 is 1.53 bits per heavy atom. The maximum atomic E-state index is 10.7. The van der Waals surface area contributed by atoms with E-state index in [1.54, 1.807) is 0 Å². The molecule has 0 aromatic rings. The number of carboxylic acids is 1. The molecule has 0 spiro atoms. The van der Waals surface area contributed by atoms with Gasteiger partial charge < -0.3 is 10.2 Å². The Balaban J connectivity index is 2.08. The molecule has 2 aliphatic rings. The van der Waals surface area contributed by atoms with Gasteiger partial charge in [-0.3, -0.25) is 9.69 Å². The predicted molar refractivity (Wildman–Crippen MR) is 55.6 cm³/mol. The average molecular weight is 213 g/mol. The Morgan fingerprint density at radius 3 is 2.67 bits per heavy atom. The van der Waals surface area contributed by atoms with E-state index in [2.05, 4.69) is 4.90 Å². The lowest BCUT2D eigenvalue weighted by atomic mass is 9.89. The first-order valence-electron chi connectivity index (χ1n) is 5.77. The lowest BCUT2D eigenvalue weighted by Gasteiger charge is -2.32. The van der Waals surface area contributed by atoms with E-state index in [0.29, 0.717) is 12.5 Å². The van der Waals surface area contributed by atoms with Crippen LogP contribution < -0.4 is 0 Å². The summed E-state index contributed by atoms with van der Waals surface area (Å²) in [4.78, 5) is 13.0. The number of aliphatic hydroxyl groups is 1. The molecular formula is C11H19NO3. The molecule has 15 heavy (non-hydrogen) atoms. The Morgan fingerprint density at radius 2 is 2.20 bits per heavy atom. The second-order valence-corrected chi connectivity index (χ2v) is 4.82. The number of hydrogen-bond acceptors (Lipinski definition) is 3. The monoisotopic (exact) mass is 213 g/mol. The van der Waals surface area contributed by atoms with E-state index in [1.807, 2.05) is 6.92 Å². The van der Waals surface area contributed by atoms with Gasteiger partial charge in [-0.05, 0) is 25.7 Å². The Labute approximate surface area is 89.9 Å². The summed E-state index contributed by atoms with van der Waals surface area (Å²) in [5.41, 5.74) is -0.997. The molecule has 4 nitrogen and oxygen atoms in total. The van der Waals surface area contributed by atoms with Crippen LogP contribution in [0.25, 0.3) is 0 Å². The first-order valence-corrected chi connectivity index (χ1v) is 5.77. The highest BCUT2D eigenvalue weighted by Gasteiger charge is 2.50. The van der Waals surface area contributed by atoms with Gasteiger partial charge in [0, 0.05) is 18.6 Å². The molecule has 0 amide bonds. The maximum Gasteiger partial charge on any atom is 0.306 e. The molecule has 0 bridgehead atoms. The lowest BCUT2D eigenvalue weighted by molar-refractivity contribution is -0.143. The van der Waals surface area contributed by atoms with Gasteiger partial charge in [0.05, 0.1) is 12.0 Å². The minimum Gasteiger partial charge on any atom is -0.481 e. The van der Waals surface area contributed by atoms with Crippen LogP contribution in [0.3, 0.4) is 0 Å². The molecule has 0 aromatic carbocycles. The van der Waals surface area contributed by atoms with Gasteiger partial charge in [-0.2, -0.15) is 0 Å². The number of hydrogen-bond donors (Lipinski definition) is 2. The van der Waals surface area contributed by atoms with E-state index in [-0.39, 0.29) is 12.5 Å². The van der Waals surface area contributed by atoms with Gasteiger partial charge >= 0.3 is 5.97 Å². The number of aliphatic carboxylic acids is 1. The maximum absolute atomic E-state index is 10.7. The number of rotatable bonds is 4. The van der Waals surface area contributed by atoms with Crippen molar-refractivity contribution in [2.75, 3.05) is 6.54 Å². The summed E-state index contributed by atoms with van der Waals surface area (Å²) >= 11 is 0. The predicted octanol–water partition coefficient (Wildman–Crippen LogP) is 0.839. The zero-order valence-corrected chi connectivity index (χ0v) is 9.15. The van der Waals surface area contributed by atoms with Gasteiger partial charge in [0.1, 0.15) is 0 Å². The van der Waals surface area contributed by atoms with Crippen LogP contribution in [0, 0.1) is 0 Å². The molecule has 0 aromatic heterocycles. The van der Waals surface area contributed by atoms with Crippen molar-refractivity contribution in [2.45, 2.75) is 56.7 Å². The third kappa shape index (κ3) is 2.01. The standard InChI is InChI=1S/C11H19NO3/c1-2-9-11(15,7-10(13)14)5-6-12(9)8-3-4-8/h8-9,15H,2-7H2,1H3,(H,13,14). The Hall–Kier alpha value is -0.610. The van der Waals surface area contributed by atoms with E-state index in [1.165, 1.54) is 12.8 Å². The number of nitrogens with zero attached hydrogens (tertiary/aromatic N) is 1. The summed E-state index contributed by atoms with van der Waals surface area (Å²) < 4.78 is 0. The fraction of sp³-hybridized carbons (Fsp3) is 0.909. The molecule has 2 rings (SSSR count). The van der Waals surface area contributed by atoms with Gasteiger partial charge in [-0.25, -0.2) is 0 Å². The summed E-state index contributed by atoms with van der Waals surface area (Å²) in [5.74, 6) is -0.895. The molecule has 1 saturated carbocycles. The molecule has 2 fully saturated rings. The molecule has 2 unspecified atom stereocenters. The molecule has 0 radical (unpaired) electrons. The fourth-order valence-corrected chi connectivity index (χ4v) is 2.88. The molecule has 1 heterocycles. The summed E-state index contributed by atoms with van der Waals surface area (Å²) in [6, 6.07) is 0.652. The minimum absolute atomic E-state index is 0.0427. The first-order chi connectivity index (χ1) is 7.07. The summed E-state index contributed by atoms with van der Waals surface area (Å²) in [5, 5.41) is 19.2. The Kier molecular flexibility index (Phi) is 2.73. The van der Waals surface area contributed by atoms with Crippen molar-refractivity contribution in [2.24, 2.45) is 0 Å². The van der Waals surface area contributed by atoms with E-state index < -0.39 is 11.6 Å². The summed E-state index contributed by atoms with van der Waals surface area (Å²) in [6.07, 6.45) is 3.74. The van der Waals surface area contributed by atoms with E-state index >= 15 is 0 Å². The third-order valence-electron chi connectivity index (χ3n) is 3.68. The zero-order valence-electron chi connectivity index (χ0n) is 9.15. The van der Waals surface area contributed by atoms with Gasteiger partial charge in [0.2, 0.25) is 0 Å². The molecule has 1 aliphatic heterocycles. The van der Waals surface area contributed by atoms with Crippen molar-refractivity contribution < 1.29 is 15.0 Å². The highest BCUT2D eigenvalue weighted by Crippen LogP contribution is 2.40. The minimum atomic E-state index is -0.997. The van der Waals surface area contributed by atoms with Crippen LogP contribution in [-0.2, 0) is 4.79 Å². The Bertz CT molecular complexity index is 265. The SMILES string of the molecule is CCC1N(C2CC2)CCC1(O)CC(=O)O. The number of carbonyl (C=O) groups is 1. The molecular weight excluding hydrogens is 194 g/mol. The average Bonchev–Trinajstić information content (AvgIpc) is 2.90. The van der Waals surface area contributed by atoms with Crippen molar-refractivity contribution >= 4 is 5.97 Å². The normalized spacial score (nSPS) is 37.1. The molecule has 1 saturated heterocycles. The number of carboxylic acid groups (broad SMARTS) is 1. The topological polar surface area (TPSA) is 60.8 Å². The van der Waals surface area contributed by atoms with Crippen molar-refractivity contribution in [3.63, 3.8) is 0 Å². The van der Waals surface area contributed by atoms with E-state index in [9.17, 15) is 9.90 Å². The van der Waals surface area contributed by atoms with Crippen molar-refractivity contribution in [3.05, 3.63) is 0 Å². The summed E-state index contributed by atoms with van der Waals surface area (Å²) in [7, 11) is 0. The van der Waals surface area contributed by atoms with E-state index in [4.69, 9.17) is 5.11 Å². The zero-order chi connectivity index (χ0) is 11.1. The highest BCUT2D eigenvalue weighted by atomic mass is 16.4. The first kappa shape index (κ1) is 10.9. The molecule has 2 atom stereocenters. The highest BCUT2D eigenvalue weighted by molar-refractivity contribution is 5.68. The second kappa shape index (κ2) is 3.76. The number of likely N-dealkylation sites (tertiary alicyclic amines) is 1. The van der Waals surface area contributed by atoms with Crippen molar-refractivity contribution in [1.82, 2.24) is 4.90 Å². The van der Waals surface area contributed by atoms with Crippen molar-refractivity contribution in [3.8, 4) is 0 Å². The van der Waals surface area contributed by atoms with Gasteiger partial charge in [-0.1, -0.05) is 6.92 Å². The largest absolute Gasteiger partial charge is 0.481 e. The lowest BCUT2D eigenvalue weighted by Crippen LogP contribution is -2.46. The van der Waals surface area contributed by atoms with Crippen LogP contribution in [0.1, 0.15) is 39.0 Å². The molecule has 4 heteroatoms. The van der Waals surface area contributed by atoms with E-state index in [0.717, 1.165) is 13.0 Å². The van der Waals surface area contributed by atoms with Crippen LogP contribution in [-0.4, -0.2) is 45.3 Å². The van der Waals surface area contributed by atoms with Gasteiger partial charge in [0.15, 0.2) is 0 Å². The molecule has 2 N–H and O–H groups in total. The van der Waals surface area contributed by atoms with Crippen LogP contribution in [0.15, 0.2) is 0 Å². The van der Waals surface area contributed by atoms with Crippen LogP contribution >= 0.6 is 0 Å². The van der Waals surface area contributed by atoms with Gasteiger partial charge in [0.25, 0.3) is 0 Å². The summed E-state index contributed by atoms with van der Waals surface area (Å²) in [6.45, 7) is 2.88. The van der Waals surface area contributed by atoms with Crippen LogP contribution in [0.2, 0.25) is 0 Å². The quantitative estimate of drug-likeness (QED) is 0.726. The molecule has 86 valence electrons. The van der Waals surface area contributed by atoms with Crippen molar-refractivity contribution in [1.29, 1.82) is 0 Å². The smallest absolute Gasteiger partial charge is 0.306 e. The van der Waals surface area contributed by atoms with Gasteiger partial charge in [-0.15, -0.1) is 0 Å². The third-order valence-corrected chi connectivity index (χ3v) is 3.68. The fourth-order valence-electron chi connectivity index (χ4n) is 2.88. The second-order valence-electron chi connectivity index (χ2n) is 4.82. The van der Waals surface area contributed by atoms with Crippen LogP contribution in [0.4, 0.5) is 0 Å². The molecule has 1 aliphatic carbocycles.